The maximum Gasteiger partial charge on any atom is 0.0210 e. The van der Waals surface area contributed by atoms with Crippen molar-refractivity contribution in [1.82, 2.24) is 5.32 Å². The van der Waals surface area contributed by atoms with Gasteiger partial charge in [0.05, 0.1) is 0 Å². The molecule has 0 aliphatic heterocycles. The van der Waals surface area contributed by atoms with E-state index in [4.69, 9.17) is 0 Å². The molecule has 0 saturated carbocycles. The molecule has 14 heavy (non-hydrogen) atoms. The maximum atomic E-state index is 3.52. The van der Waals surface area contributed by atoms with E-state index in [2.05, 4.69) is 51.2 Å². The van der Waals surface area contributed by atoms with Crippen LogP contribution in [-0.4, -0.2) is 6.04 Å². The molecule has 0 unspecified atom stereocenters. The Bertz CT molecular complexity index is 291. The van der Waals surface area contributed by atoms with Gasteiger partial charge < -0.3 is 5.32 Å². The van der Waals surface area contributed by atoms with E-state index in [9.17, 15) is 0 Å². The van der Waals surface area contributed by atoms with E-state index in [-0.39, 0.29) is 0 Å². The minimum absolute atomic E-state index is 0.606. The van der Waals surface area contributed by atoms with Crippen LogP contribution in [0.5, 0.6) is 0 Å². The summed E-state index contributed by atoms with van der Waals surface area (Å²) >= 11 is 0. The molecule has 0 radical (unpaired) electrons. The molecule has 0 saturated heterocycles. The molecule has 1 atom stereocenters. The summed E-state index contributed by atoms with van der Waals surface area (Å²) in [5, 5.41) is 3.52. The van der Waals surface area contributed by atoms with Gasteiger partial charge in [0.25, 0.3) is 0 Å². The number of aryl methyl sites for hydroxylation is 1. The molecule has 78 valence electrons. The Morgan fingerprint density at radius 3 is 2.64 bits per heavy atom. The second-order valence-electron chi connectivity index (χ2n) is 4.05. The summed E-state index contributed by atoms with van der Waals surface area (Å²) in [4.78, 5) is 0. The zero-order valence-electron chi connectivity index (χ0n) is 9.72. The van der Waals surface area contributed by atoms with Gasteiger partial charge in [0, 0.05) is 12.6 Å². The van der Waals surface area contributed by atoms with Crippen LogP contribution in [0.3, 0.4) is 0 Å². The van der Waals surface area contributed by atoms with Crippen molar-refractivity contribution in [1.29, 1.82) is 0 Å². The van der Waals surface area contributed by atoms with Crippen molar-refractivity contribution in [3.8, 4) is 0 Å². The molecule has 1 nitrogen and oxygen atoms in total. The van der Waals surface area contributed by atoms with Gasteiger partial charge in [0.15, 0.2) is 0 Å². The predicted octanol–water partition coefficient (Wildman–Crippen LogP) is 3.19. The van der Waals surface area contributed by atoms with Crippen LogP contribution in [0.25, 0.3) is 0 Å². The summed E-state index contributed by atoms with van der Waals surface area (Å²) in [5.41, 5.74) is 4.22. The Hall–Kier alpha value is -0.820. The van der Waals surface area contributed by atoms with Crippen molar-refractivity contribution in [2.45, 2.75) is 46.7 Å². The standard InChI is InChI=1S/C13H21N/c1-5-11(3)14-9-13-8-6-7-10(2)12(13)4/h6-8,11,14H,5,9H2,1-4H3/t11-/m1/s1. The Balaban J connectivity index is 2.63. The maximum absolute atomic E-state index is 3.52. The lowest BCUT2D eigenvalue weighted by atomic mass is 10.0. The molecule has 0 bridgehead atoms. The van der Waals surface area contributed by atoms with E-state index >= 15 is 0 Å². The van der Waals surface area contributed by atoms with Crippen LogP contribution in [0, 0.1) is 13.8 Å². The first-order chi connectivity index (χ1) is 6.65. The fourth-order valence-electron chi connectivity index (χ4n) is 1.43. The van der Waals surface area contributed by atoms with Crippen molar-refractivity contribution in [2.24, 2.45) is 0 Å². The van der Waals surface area contributed by atoms with Crippen molar-refractivity contribution in [2.75, 3.05) is 0 Å². The van der Waals surface area contributed by atoms with Gasteiger partial charge in [-0.15, -0.1) is 0 Å². The molecule has 0 aliphatic rings. The van der Waals surface area contributed by atoms with Crippen molar-refractivity contribution < 1.29 is 0 Å². The van der Waals surface area contributed by atoms with Gasteiger partial charge in [-0.1, -0.05) is 25.1 Å². The van der Waals surface area contributed by atoms with Gasteiger partial charge in [-0.2, -0.15) is 0 Å². The highest BCUT2D eigenvalue weighted by Gasteiger charge is 2.02. The van der Waals surface area contributed by atoms with Crippen molar-refractivity contribution in [3.05, 3.63) is 34.9 Å². The lowest BCUT2D eigenvalue weighted by Crippen LogP contribution is -2.24. The highest BCUT2D eigenvalue weighted by atomic mass is 14.9. The highest BCUT2D eigenvalue weighted by Crippen LogP contribution is 2.12. The van der Waals surface area contributed by atoms with Crippen LogP contribution in [0.2, 0.25) is 0 Å². The zero-order chi connectivity index (χ0) is 10.6. The molecular weight excluding hydrogens is 170 g/mol. The molecule has 1 rings (SSSR count). The molecule has 1 aromatic carbocycles. The van der Waals surface area contributed by atoms with Crippen LogP contribution in [0.1, 0.15) is 37.0 Å². The molecule has 0 spiro atoms. The fraction of sp³-hybridized carbons (Fsp3) is 0.538. The van der Waals surface area contributed by atoms with Gasteiger partial charge in [-0.05, 0) is 43.9 Å². The van der Waals surface area contributed by atoms with Crippen LogP contribution in [-0.2, 0) is 6.54 Å². The number of nitrogens with one attached hydrogen (secondary N) is 1. The van der Waals surface area contributed by atoms with Gasteiger partial charge in [-0.25, -0.2) is 0 Å². The highest BCUT2D eigenvalue weighted by molar-refractivity contribution is 5.32. The number of rotatable bonds is 4. The number of hydrogen-bond donors (Lipinski definition) is 1. The van der Waals surface area contributed by atoms with E-state index in [1.807, 2.05) is 0 Å². The summed E-state index contributed by atoms with van der Waals surface area (Å²) in [5.74, 6) is 0. The van der Waals surface area contributed by atoms with Gasteiger partial charge in [-0.3, -0.25) is 0 Å². The Labute approximate surface area is 87.5 Å². The summed E-state index contributed by atoms with van der Waals surface area (Å²) in [6.45, 7) is 9.79. The second kappa shape index (κ2) is 5.16. The summed E-state index contributed by atoms with van der Waals surface area (Å²) < 4.78 is 0. The van der Waals surface area contributed by atoms with Gasteiger partial charge in [0.2, 0.25) is 0 Å². The Morgan fingerprint density at radius 2 is 2.00 bits per heavy atom. The monoisotopic (exact) mass is 191 g/mol. The van der Waals surface area contributed by atoms with Crippen LogP contribution < -0.4 is 5.32 Å². The summed E-state index contributed by atoms with van der Waals surface area (Å²) in [6.07, 6.45) is 1.19. The van der Waals surface area contributed by atoms with Crippen LogP contribution >= 0.6 is 0 Å². The average Bonchev–Trinajstić information content (AvgIpc) is 2.20. The average molecular weight is 191 g/mol. The Morgan fingerprint density at radius 1 is 1.29 bits per heavy atom. The molecule has 0 fully saturated rings. The van der Waals surface area contributed by atoms with E-state index in [1.165, 1.54) is 23.1 Å². The minimum atomic E-state index is 0.606. The molecule has 1 aromatic rings. The summed E-state index contributed by atoms with van der Waals surface area (Å²) in [7, 11) is 0. The molecule has 1 N–H and O–H groups in total. The van der Waals surface area contributed by atoms with Crippen LogP contribution in [0.4, 0.5) is 0 Å². The second-order valence-corrected chi connectivity index (χ2v) is 4.05. The van der Waals surface area contributed by atoms with E-state index < -0.39 is 0 Å². The lowest BCUT2D eigenvalue weighted by molar-refractivity contribution is 0.533. The zero-order valence-corrected chi connectivity index (χ0v) is 9.72. The topological polar surface area (TPSA) is 12.0 Å². The minimum Gasteiger partial charge on any atom is -0.310 e. The number of hydrogen-bond acceptors (Lipinski definition) is 1. The van der Waals surface area contributed by atoms with E-state index in [0.717, 1.165) is 6.54 Å². The number of benzene rings is 1. The quantitative estimate of drug-likeness (QED) is 0.770. The van der Waals surface area contributed by atoms with Crippen molar-refractivity contribution >= 4 is 0 Å². The molecule has 0 aromatic heterocycles. The van der Waals surface area contributed by atoms with Gasteiger partial charge in [0.1, 0.15) is 0 Å². The third-order valence-corrected chi connectivity index (χ3v) is 2.97. The third-order valence-electron chi connectivity index (χ3n) is 2.97. The molecule has 0 heterocycles. The molecule has 0 aliphatic carbocycles. The summed E-state index contributed by atoms with van der Waals surface area (Å²) in [6, 6.07) is 7.12. The van der Waals surface area contributed by atoms with E-state index in [0.29, 0.717) is 6.04 Å². The third kappa shape index (κ3) is 2.85. The SMILES string of the molecule is CC[C@@H](C)NCc1cccc(C)c1C. The molecule has 1 heteroatoms. The first-order valence-electron chi connectivity index (χ1n) is 5.43. The lowest BCUT2D eigenvalue weighted by Gasteiger charge is -2.13. The van der Waals surface area contributed by atoms with E-state index in [1.54, 1.807) is 0 Å². The smallest absolute Gasteiger partial charge is 0.0210 e. The van der Waals surface area contributed by atoms with Gasteiger partial charge >= 0.3 is 0 Å². The predicted molar refractivity (Wildman–Crippen MR) is 62.5 cm³/mol. The molecule has 0 amide bonds. The largest absolute Gasteiger partial charge is 0.310 e. The first-order valence-corrected chi connectivity index (χ1v) is 5.43. The normalized spacial score (nSPS) is 12.9. The molecular formula is C13H21N. The first kappa shape index (κ1) is 11.3. The van der Waals surface area contributed by atoms with Crippen LogP contribution in [0.15, 0.2) is 18.2 Å². The Kier molecular flexibility index (Phi) is 4.15. The fourth-order valence-corrected chi connectivity index (χ4v) is 1.43. The van der Waals surface area contributed by atoms with Crippen molar-refractivity contribution in [3.63, 3.8) is 0 Å².